The van der Waals surface area contributed by atoms with Crippen molar-refractivity contribution in [2.24, 2.45) is 0 Å². The summed E-state index contributed by atoms with van der Waals surface area (Å²) in [6.45, 7) is 3.00. The van der Waals surface area contributed by atoms with Crippen molar-refractivity contribution in [3.8, 4) is 11.3 Å². The van der Waals surface area contributed by atoms with Crippen molar-refractivity contribution >= 4 is 28.9 Å². The average Bonchev–Trinajstić information content (AvgIpc) is 3.42. The van der Waals surface area contributed by atoms with Gasteiger partial charge in [-0.05, 0) is 37.7 Å². The third kappa shape index (κ3) is 5.24. The zero-order chi connectivity index (χ0) is 26.0. The first-order chi connectivity index (χ1) is 17.2. The van der Waals surface area contributed by atoms with E-state index in [0.717, 1.165) is 10.5 Å². The van der Waals surface area contributed by atoms with Crippen LogP contribution in [-0.2, 0) is 16.1 Å². The van der Waals surface area contributed by atoms with E-state index in [9.17, 15) is 24.2 Å². The molecule has 12 heteroatoms. The van der Waals surface area contributed by atoms with Gasteiger partial charge < -0.3 is 30.2 Å². The van der Waals surface area contributed by atoms with Gasteiger partial charge in [-0.1, -0.05) is 0 Å². The van der Waals surface area contributed by atoms with E-state index in [1.807, 2.05) is 24.6 Å². The van der Waals surface area contributed by atoms with E-state index in [2.05, 4.69) is 20.6 Å². The topological polar surface area (TPSA) is 142 Å². The van der Waals surface area contributed by atoms with Crippen LogP contribution in [0, 0.1) is 12.7 Å². The summed E-state index contributed by atoms with van der Waals surface area (Å²) in [7, 11) is 3.47. The Labute approximate surface area is 206 Å². The number of likely N-dealkylation sites (tertiary alicyclic amines) is 1. The van der Waals surface area contributed by atoms with E-state index in [-0.39, 0.29) is 19.1 Å². The monoisotopic (exact) mass is 500 g/mol. The number of anilines is 1. The van der Waals surface area contributed by atoms with Crippen LogP contribution in [0.3, 0.4) is 0 Å². The van der Waals surface area contributed by atoms with Gasteiger partial charge in [-0.15, -0.1) is 0 Å². The van der Waals surface area contributed by atoms with Crippen molar-refractivity contribution in [3.05, 3.63) is 42.0 Å². The van der Waals surface area contributed by atoms with Gasteiger partial charge in [0, 0.05) is 44.3 Å². The summed E-state index contributed by atoms with van der Waals surface area (Å²) in [5.74, 6) is -1.20. The minimum atomic E-state index is -1.28. The molecule has 0 spiro atoms. The van der Waals surface area contributed by atoms with Crippen molar-refractivity contribution in [2.75, 3.05) is 32.6 Å². The Bertz CT molecular complexity index is 1260. The lowest BCUT2D eigenvalue weighted by atomic mass is 10.1. The fraction of sp³-hybridized carbons (Fsp3) is 0.417. The number of pyridine rings is 1. The van der Waals surface area contributed by atoms with E-state index in [1.165, 1.54) is 12.1 Å². The number of aryl methyl sites for hydroxylation is 1. The highest BCUT2D eigenvalue weighted by Crippen LogP contribution is 2.31. The molecule has 3 aromatic rings. The summed E-state index contributed by atoms with van der Waals surface area (Å²) in [6.07, 6.45) is 0.338. The SMILES string of the molecule is CNCC(Cn1cnc2cc(F)cc(-c3cc(C)cc(N[C@H]4C[C@@H](C(=O)O)N(C(=O)O)C4)n3)c21)OC. The van der Waals surface area contributed by atoms with E-state index in [0.29, 0.717) is 41.2 Å². The average molecular weight is 501 g/mol. The van der Waals surface area contributed by atoms with Gasteiger partial charge >= 0.3 is 12.1 Å². The molecular formula is C24H29FN6O5. The van der Waals surface area contributed by atoms with Crippen LogP contribution in [0.4, 0.5) is 15.0 Å². The van der Waals surface area contributed by atoms with Crippen LogP contribution in [0.2, 0.25) is 0 Å². The molecule has 36 heavy (non-hydrogen) atoms. The number of carboxylic acid groups (broad SMARTS) is 2. The number of likely N-dealkylation sites (N-methyl/N-ethyl adjacent to an activating group) is 1. The van der Waals surface area contributed by atoms with Gasteiger partial charge in [0.1, 0.15) is 17.7 Å². The highest BCUT2D eigenvalue weighted by molar-refractivity contribution is 5.91. The zero-order valence-corrected chi connectivity index (χ0v) is 20.2. The lowest BCUT2D eigenvalue weighted by molar-refractivity contribution is -0.141. The normalized spacial score (nSPS) is 18.5. The van der Waals surface area contributed by atoms with Gasteiger partial charge in [0.05, 0.1) is 35.7 Å². The Hall–Kier alpha value is -3.77. The molecule has 1 aliphatic rings. The van der Waals surface area contributed by atoms with Gasteiger partial charge in [-0.25, -0.2) is 23.9 Å². The molecule has 11 nitrogen and oxygen atoms in total. The number of nitrogens with one attached hydrogen (secondary N) is 2. The molecule has 2 aromatic heterocycles. The first-order valence-electron chi connectivity index (χ1n) is 11.5. The third-order valence-corrected chi connectivity index (χ3v) is 6.27. The molecule has 1 aliphatic heterocycles. The van der Waals surface area contributed by atoms with Crippen LogP contribution in [-0.4, -0.2) is 87.1 Å². The molecule has 0 bridgehead atoms. The number of nitrogens with zero attached hydrogens (tertiary/aromatic N) is 4. The Morgan fingerprint density at radius 2 is 2.06 bits per heavy atom. The minimum Gasteiger partial charge on any atom is -0.480 e. The van der Waals surface area contributed by atoms with Crippen molar-refractivity contribution in [3.63, 3.8) is 0 Å². The smallest absolute Gasteiger partial charge is 0.408 e. The van der Waals surface area contributed by atoms with Crippen LogP contribution in [0.15, 0.2) is 30.6 Å². The number of carboxylic acids is 1. The number of halogens is 1. The Balaban J connectivity index is 1.69. The van der Waals surface area contributed by atoms with E-state index < -0.39 is 30.0 Å². The molecule has 1 unspecified atom stereocenters. The summed E-state index contributed by atoms with van der Waals surface area (Å²) in [5, 5.41) is 25.0. The summed E-state index contributed by atoms with van der Waals surface area (Å²) >= 11 is 0. The highest BCUT2D eigenvalue weighted by atomic mass is 19.1. The predicted octanol–water partition coefficient (Wildman–Crippen LogP) is 2.40. The van der Waals surface area contributed by atoms with Crippen molar-refractivity contribution in [1.82, 2.24) is 24.8 Å². The predicted molar refractivity (Wildman–Crippen MR) is 131 cm³/mol. The summed E-state index contributed by atoms with van der Waals surface area (Å²) in [5.41, 5.74) is 3.10. The number of methoxy groups -OCH3 is 1. The largest absolute Gasteiger partial charge is 0.480 e. The number of imidazole rings is 1. The maximum atomic E-state index is 14.6. The Kier molecular flexibility index (Phi) is 7.36. The number of aliphatic carboxylic acids is 1. The van der Waals surface area contributed by atoms with Gasteiger partial charge in [0.2, 0.25) is 0 Å². The van der Waals surface area contributed by atoms with Crippen LogP contribution in [0.1, 0.15) is 12.0 Å². The number of fused-ring (bicyclic) bond motifs is 1. The number of rotatable bonds is 9. The zero-order valence-electron chi connectivity index (χ0n) is 20.2. The van der Waals surface area contributed by atoms with Crippen molar-refractivity contribution < 1.29 is 28.9 Å². The molecule has 0 radical (unpaired) electrons. The van der Waals surface area contributed by atoms with E-state index in [1.54, 1.807) is 19.5 Å². The second kappa shape index (κ2) is 10.5. The molecule has 1 amide bonds. The number of hydrogen-bond donors (Lipinski definition) is 4. The molecular weight excluding hydrogens is 471 g/mol. The highest BCUT2D eigenvalue weighted by Gasteiger charge is 2.40. The molecule has 0 aliphatic carbocycles. The number of aromatic nitrogens is 3. The van der Waals surface area contributed by atoms with Crippen LogP contribution in [0.25, 0.3) is 22.3 Å². The summed E-state index contributed by atoms with van der Waals surface area (Å²) in [4.78, 5) is 32.9. The molecule has 1 fully saturated rings. The van der Waals surface area contributed by atoms with Crippen LogP contribution in [0.5, 0.6) is 0 Å². The second-order valence-corrected chi connectivity index (χ2v) is 8.91. The van der Waals surface area contributed by atoms with Crippen molar-refractivity contribution in [1.29, 1.82) is 0 Å². The fourth-order valence-electron chi connectivity index (χ4n) is 4.65. The molecule has 192 valence electrons. The van der Waals surface area contributed by atoms with Crippen molar-refractivity contribution in [2.45, 2.75) is 38.1 Å². The number of amides is 1. The van der Waals surface area contributed by atoms with Crippen LogP contribution < -0.4 is 10.6 Å². The van der Waals surface area contributed by atoms with E-state index in [4.69, 9.17) is 4.74 Å². The molecule has 1 aromatic carbocycles. The molecule has 4 rings (SSSR count). The van der Waals surface area contributed by atoms with Gasteiger partial charge in [-0.3, -0.25) is 4.90 Å². The van der Waals surface area contributed by atoms with Gasteiger partial charge in [0.15, 0.2) is 0 Å². The minimum absolute atomic E-state index is 0.0120. The quantitative estimate of drug-likeness (QED) is 0.348. The molecule has 3 atom stereocenters. The summed E-state index contributed by atoms with van der Waals surface area (Å²) < 4.78 is 22.0. The molecule has 0 saturated carbocycles. The lowest BCUT2D eigenvalue weighted by Crippen LogP contribution is -2.39. The number of ether oxygens (including phenoxy) is 1. The molecule has 3 heterocycles. The van der Waals surface area contributed by atoms with Gasteiger partial charge in [-0.2, -0.15) is 0 Å². The van der Waals surface area contributed by atoms with Crippen LogP contribution >= 0.6 is 0 Å². The third-order valence-electron chi connectivity index (χ3n) is 6.27. The Morgan fingerprint density at radius 3 is 2.69 bits per heavy atom. The maximum absolute atomic E-state index is 14.6. The first kappa shape index (κ1) is 25.3. The molecule has 1 saturated heterocycles. The standard InChI is InChI=1S/C24H29FN6O5/c1-13-4-18(29-21(5-13)28-15-8-20(23(32)33)31(10-15)24(34)35)17-6-14(25)7-19-22(17)30(12-27-19)11-16(36-3)9-26-2/h4-7,12,15-16,20,26H,8-11H2,1-3H3,(H,28,29)(H,32,33)(H,34,35)/t15-,16?,20-/m0/s1. The number of benzene rings is 1. The maximum Gasteiger partial charge on any atom is 0.408 e. The Morgan fingerprint density at radius 1 is 1.28 bits per heavy atom. The van der Waals surface area contributed by atoms with E-state index >= 15 is 0 Å². The summed E-state index contributed by atoms with van der Waals surface area (Å²) in [6, 6.07) is 4.82. The van der Waals surface area contributed by atoms with Gasteiger partial charge in [0.25, 0.3) is 0 Å². The fourth-order valence-corrected chi connectivity index (χ4v) is 4.65. The lowest BCUT2D eigenvalue weighted by Gasteiger charge is -2.18. The number of hydrogen-bond acceptors (Lipinski definition) is 7. The first-order valence-corrected chi connectivity index (χ1v) is 11.5. The number of carbonyl (C=O) groups is 2. The molecule has 4 N–H and O–H groups in total. The second-order valence-electron chi connectivity index (χ2n) is 8.91.